The molecule has 130 valence electrons. The smallest absolute Gasteiger partial charge is 0.247 e. The first-order valence-corrected chi connectivity index (χ1v) is 9.30. The average Bonchev–Trinajstić information content (AvgIpc) is 3.29. The molecule has 26 heavy (non-hydrogen) atoms. The van der Waals surface area contributed by atoms with E-state index in [-0.39, 0.29) is 0 Å². The van der Waals surface area contributed by atoms with Crippen molar-refractivity contribution in [3.63, 3.8) is 0 Å². The van der Waals surface area contributed by atoms with Crippen molar-refractivity contribution < 1.29 is 4.42 Å². The van der Waals surface area contributed by atoms with Crippen molar-refractivity contribution in [2.45, 2.75) is 24.8 Å². The van der Waals surface area contributed by atoms with E-state index in [9.17, 15) is 0 Å². The molecular weight excluding hydrogens is 344 g/mol. The van der Waals surface area contributed by atoms with Gasteiger partial charge in [-0.3, -0.25) is 4.57 Å². The maximum atomic E-state index is 5.77. The number of nitrogens with zero attached hydrogens (tertiary/aromatic N) is 4. The highest BCUT2D eigenvalue weighted by Crippen LogP contribution is 2.26. The minimum atomic E-state index is 0.541. The Labute approximate surface area is 156 Å². The molecular formula is C20H18N4OS. The summed E-state index contributed by atoms with van der Waals surface area (Å²) in [6.45, 7) is 4.20. The molecule has 0 saturated carbocycles. The van der Waals surface area contributed by atoms with Gasteiger partial charge in [0.05, 0.1) is 5.75 Å². The standard InChI is InChI=1S/C20H18N4OS/c1-14-10-15(2)12-17(11-14)24-9-8-21-20(24)26-13-18-22-23-19(25-18)16-6-4-3-5-7-16/h3-12H,13H2,1-2H3. The maximum absolute atomic E-state index is 5.77. The fourth-order valence-corrected chi connectivity index (χ4v) is 3.63. The van der Waals surface area contributed by atoms with Gasteiger partial charge in [-0.25, -0.2) is 4.98 Å². The van der Waals surface area contributed by atoms with Gasteiger partial charge in [0.25, 0.3) is 0 Å². The Balaban J connectivity index is 1.51. The third-order valence-electron chi connectivity index (χ3n) is 3.90. The molecule has 0 aliphatic carbocycles. The molecule has 4 rings (SSSR count). The molecule has 2 heterocycles. The second-order valence-electron chi connectivity index (χ2n) is 6.08. The largest absolute Gasteiger partial charge is 0.420 e. The molecule has 6 heteroatoms. The summed E-state index contributed by atoms with van der Waals surface area (Å²) in [5, 5.41) is 9.18. The van der Waals surface area contributed by atoms with E-state index in [2.05, 4.69) is 51.8 Å². The summed E-state index contributed by atoms with van der Waals surface area (Å²) in [5.41, 5.74) is 4.49. The maximum Gasteiger partial charge on any atom is 0.247 e. The molecule has 0 radical (unpaired) electrons. The van der Waals surface area contributed by atoms with E-state index in [1.165, 1.54) is 11.1 Å². The van der Waals surface area contributed by atoms with Crippen LogP contribution in [0.1, 0.15) is 17.0 Å². The van der Waals surface area contributed by atoms with E-state index < -0.39 is 0 Å². The average molecular weight is 362 g/mol. The molecule has 0 aliphatic heterocycles. The highest BCUT2D eigenvalue weighted by atomic mass is 32.2. The topological polar surface area (TPSA) is 56.7 Å². The SMILES string of the molecule is Cc1cc(C)cc(-n2ccnc2SCc2nnc(-c3ccccc3)o2)c1. The van der Waals surface area contributed by atoms with Gasteiger partial charge in [-0.05, 0) is 49.2 Å². The van der Waals surface area contributed by atoms with Crippen molar-refractivity contribution in [1.82, 2.24) is 19.7 Å². The number of aryl methyl sites for hydroxylation is 2. The Bertz CT molecular complexity index is 1000. The summed E-state index contributed by atoms with van der Waals surface area (Å²) >= 11 is 1.58. The van der Waals surface area contributed by atoms with Gasteiger partial charge in [0, 0.05) is 23.6 Å². The second kappa shape index (κ2) is 7.17. The van der Waals surface area contributed by atoms with Gasteiger partial charge in [0.1, 0.15) is 0 Å². The highest BCUT2D eigenvalue weighted by molar-refractivity contribution is 7.98. The molecule has 2 aromatic carbocycles. The lowest BCUT2D eigenvalue weighted by atomic mass is 10.1. The van der Waals surface area contributed by atoms with Crippen LogP contribution < -0.4 is 0 Å². The van der Waals surface area contributed by atoms with Crippen LogP contribution in [-0.4, -0.2) is 19.7 Å². The third-order valence-corrected chi connectivity index (χ3v) is 4.86. The van der Waals surface area contributed by atoms with Crippen LogP contribution >= 0.6 is 11.8 Å². The summed E-state index contributed by atoms with van der Waals surface area (Å²) in [6.07, 6.45) is 3.78. The highest BCUT2D eigenvalue weighted by Gasteiger charge is 2.12. The molecule has 4 aromatic rings. The van der Waals surface area contributed by atoms with E-state index in [0.717, 1.165) is 16.4 Å². The lowest BCUT2D eigenvalue weighted by Crippen LogP contribution is -1.97. The minimum Gasteiger partial charge on any atom is -0.420 e. The molecule has 0 amide bonds. The van der Waals surface area contributed by atoms with E-state index in [1.54, 1.807) is 11.8 Å². The molecule has 5 nitrogen and oxygen atoms in total. The van der Waals surface area contributed by atoms with Crippen molar-refractivity contribution in [2.24, 2.45) is 0 Å². The molecule has 0 spiro atoms. The molecule has 0 atom stereocenters. The molecule has 0 saturated heterocycles. The van der Waals surface area contributed by atoms with Crippen LogP contribution in [0.5, 0.6) is 0 Å². The van der Waals surface area contributed by atoms with Gasteiger partial charge in [-0.2, -0.15) is 0 Å². The Hall–Kier alpha value is -2.86. The van der Waals surface area contributed by atoms with E-state index in [0.29, 0.717) is 17.5 Å². The Morgan fingerprint density at radius 2 is 1.77 bits per heavy atom. The molecule has 2 aromatic heterocycles. The summed E-state index contributed by atoms with van der Waals surface area (Å²) in [7, 11) is 0. The van der Waals surface area contributed by atoms with Crippen LogP contribution in [0.15, 0.2) is 70.5 Å². The second-order valence-corrected chi connectivity index (χ2v) is 7.02. The zero-order chi connectivity index (χ0) is 17.9. The number of hydrogen-bond acceptors (Lipinski definition) is 5. The van der Waals surface area contributed by atoms with Crippen LogP contribution in [0, 0.1) is 13.8 Å². The number of imidazole rings is 1. The van der Waals surface area contributed by atoms with Gasteiger partial charge in [0.2, 0.25) is 11.8 Å². The monoisotopic (exact) mass is 362 g/mol. The quantitative estimate of drug-likeness (QED) is 0.476. The first kappa shape index (κ1) is 16.6. The third kappa shape index (κ3) is 3.55. The predicted molar refractivity (Wildman–Crippen MR) is 102 cm³/mol. The lowest BCUT2D eigenvalue weighted by molar-refractivity contribution is 0.528. The van der Waals surface area contributed by atoms with Crippen LogP contribution in [0.4, 0.5) is 0 Å². The molecule has 0 N–H and O–H groups in total. The van der Waals surface area contributed by atoms with Crippen molar-refractivity contribution in [3.8, 4) is 17.1 Å². The molecule has 0 fully saturated rings. The van der Waals surface area contributed by atoms with Crippen LogP contribution in [-0.2, 0) is 5.75 Å². The first-order valence-electron chi connectivity index (χ1n) is 8.32. The number of rotatable bonds is 5. The number of aromatic nitrogens is 4. The van der Waals surface area contributed by atoms with Gasteiger partial charge < -0.3 is 4.42 Å². The number of thioether (sulfide) groups is 1. The molecule has 0 aliphatic rings. The van der Waals surface area contributed by atoms with Gasteiger partial charge in [0.15, 0.2) is 5.16 Å². The Morgan fingerprint density at radius 3 is 2.54 bits per heavy atom. The fraction of sp³-hybridized carbons (Fsp3) is 0.150. The van der Waals surface area contributed by atoms with Crippen molar-refractivity contribution in [1.29, 1.82) is 0 Å². The summed E-state index contributed by atoms with van der Waals surface area (Å²) in [5.74, 6) is 1.70. The van der Waals surface area contributed by atoms with Crippen molar-refractivity contribution >= 4 is 11.8 Å². The fourth-order valence-electron chi connectivity index (χ4n) is 2.82. The predicted octanol–water partition coefficient (Wildman–Crippen LogP) is 4.83. The lowest BCUT2D eigenvalue weighted by Gasteiger charge is -2.09. The Morgan fingerprint density at radius 1 is 1.00 bits per heavy atom. The normalized spacial score (nSPS) is 11.0. The minimum absolute atomic E-state index is 0.541. The van der Waals surface area contributed by atoms with Gasteiger partial charge in [-0.15, -0.1) is 10.2 Å². The number of hydrogen-bond donors (Lipinski definition) is 0. The molecule has 0 bridgehead atoms. The summed E-state index contributed by atoms with van der Waals surface area (Å²) in [4.78, 5) is 4.47. The van der Waals surface area contributed by atoms with Crippen LogP contribution in [0.25, 0.3) is 17.1 Å². The van der Waals surface area contributed by atoms with Crippen LogP contribution in [0.3, 0.4) is 0 Å². The number of benzene rings is 2. The summed E-state index contributed by atoms with van der Waals surface area (Å²) in [6, 6.07) is 16.2. The zero-order valence-corrected chi connectivity index (χ0v) is 15.4. The molecule has 0 unspecified atom stereocenters. The summed E-state index contributed by atoms with van der Waals surface area (Å²) < 4.78 is 7.85. The van der Waals surface area contributed by atoms with E-state index in [4.69, 9.17) is 4.42 Å². The zero-order valence-electron chi connectivity index (χ0n) is 14.6. The Kier molecular flexibility index (Phi) is 4.58. The first-order chi connectivity index (χ1) is 12.7. The van der Waals surface area contributed by atoms with E-state index >= 15 is 0 Å². The van der Waals surface area contributed by atoms with Gasteiger partial charge in [-0.1, -0.05) is 36.0 Å². The van der Waals surface area contributed by atoms with Crippen molar-refractivity contribution in [3.05, 3.63) is 77.9 Å². The van der Waals surface area contributed by atoms with Gasteiger partial charge >= 0.3 is 0 Å². The van der Waals surface area contributed by atoms with E-state index in [1.807, 2.05) is 42.7 Å². The van der Waals surface area contributed by atoms with Crippen LogP contribution in [0.2, 0.25) is 0 Å². The van der Waals surface area contributed by atoms with Crippen molar-refractivity contribution in [2.75, 3.05) is 0 Å².